The molecule has 1 N–H and O–H groups in total. The van der Waals surface area contributed by atoms with Gasteiger partial charge in [0.1, 0.15) is 11.5 Å². The number of phenols is 1. The molecule has 0 aliphatic heterocycles. The molecule has 0 saturated heterocycles. The Morgan fingerprint density at radius 3 is 2.70 bits per heavy atom. The zero-order valence-electron chi connectivity index (χ0n) is 12.0. The monoisotopic (exact) mass is 348 g/mol. The summed E-state index contributed by atoms with van der Waals surface area (Å²) in [6.07, 6.45) is 0. The third-order valence-corrected chi connectivity index (χ3v) is 4.14. The average Bonchev–Trinajstić information content (AvgIpc) is 3.02. The number of halogens is 1. The molecule has 0 unspecified atom stereocenters. The van der Waals surface area contributed by atoms with E-state index in [4.69, 9.17) is 16.3 Å². The van der Waals surface area contributed by atoms with Gasteiger partial charge in [0.15, 0.2) is 0 Å². The third-order valence-electron chi connectivity index (χ3n) is 2.94. The highest BCUT2D eigenvalue weighted by Gasteiger charge is 2.09. The Balaban J connectivity index is 1.58. The van der Waals surface area contributed by atoms with Crippen molar-refractivity contribution >= 4 is 23.4 Å². The maximum absolute atomic E-state index is 9.33. The molecule has 0 saturated carbocycles. The number of thioether (sulfide) groups is 1. The maximum Gasteiger partial charge on any atom is 0.214 e. The maximum atomic E-state index is 9.33. The van der Waals surface area contributed by atoms with Crippen molar-refractivity contribution in [2.24, 2.45) is 0 Å². The summed E-state index contributed by atoms with van der Waals surface area (Å²) in [6, 6.07) is 14.0. The second-order valence-corrected chi connectivity index (χ2v) is 5.99. The van der Waals surface area contributed by atoms with Gasteiger partial charge < -0.3 is 9.84 Å². The first kappa shape index (κ1) is 15.6. The van der Waals surface area contributed by atoms with Crippen LogP contribution in [0, 0.1) is 0 Å². The number of benzene rings is 2. The normalized spacial score (nSPS) is 10.7. The van der Waals surface area contributed by atoms with Crippen molar-refractivity contribution in [2.45, 2.75) is 5.16 Å². The van der Waals surface area contributed by atoms with Crippen molar-refractivity contribution < 1.29 is 9.84 Å². The van der Waals surface area contributed by atoms with Gasteiger partial charge in [0.05, 0.1) is 17.3 Å². The van der Waals surface area contributed by atoms with Gasteiger partial charge in [-0.1, -0.05) is 35.5 Å². The fourth-order valence-electron chi connectivity index (χ4n) is 1.87. The summed E-state index contributed by atoms with van der Waals surface area (Å²) >= 11 is 7.51. The quantitative estimate of drug-likeness (QED) is 0.544. The Hall–Kier alpha value is -2.25. The van der Waals surface area contributed by atoms with Gasteiger partial charge in [-0.3, -0.25) is 0 Å². The van der Waals surface area contributed by atoms with Crippen LogP contribution >= 0.6 is 23.4 Å². The van der Waals surface area contributed by atoms with Crippen molar-refractivity contribution in [3.63, 3.8) is 0 Å². The van der Waals surface area contributed by atoms with Crippen molar-refractivity contribution in [2.75, 3.05) is 12.4 Å². The number of para-hydroxylation sites is 1. The molecule has 23 heavy (non-hydrogen) atoms. The number of phenolic OH excluding ortho intramolecular Hbond substituents is 1. The molecule has 0 fully saturated rings. The van der Waals surface area contributed by atoms with Crippen molar-refractivity contribution in [1.82, 2.24) is 20.2 Å². The number of rotatable bonds is 6. The van der Waals surface area contributed by atoms with Crippen LogP contribution in [0.3, 0.4) is 0 Å². The minimum atomic E-state index is 0.198. The highest BCUT2D eigenvalue weighted by molar-refractivity contribution is 7.99. The number of ether oxygens (including phenoxy) is 1. The molecule has 0 spiro atoms. The SMILES string of the molecule is Oc1ccc(-n2nnnc2SCCOc2ccccc2Cl)cc1. The molecule has 0 bridgehead atoms. The van der Waals surface area contributed by atoms with E-state index in [1.807, 2.05) is 18.2 Å². The molecule has 0 aliphatic rings. The van der Waals surface area contributed by atoms with Gasteiger partial charge >= 0.3 is 0 Å². The number of hydrogen-bond donors (Lipinski definition) is 1. The number of aromatic nitrogens is 4. The molecule has 1 heterocycles. The topological polar surface area (TPSA) is 73.1 Å². The van der Waals surface area contributed by atoms with Crippen LogP contribution in [0.2, 0.25) is 5.02 Å². The molecule has 0 radical (unpaired) electrons. The van der Waals surface area contributed by atoms with E-state index in [-0.39, 0.29) is 5.75 Å². The first-order valence-corrected chi connectivity index (χ1v) is 8.18. The molecule has 0 aliphatic carbocycles. The fourth-order valence-corrected chi connectivity index (χ4v) is 2.77. The van der Waals surface area contributed by atoms with E-state index in [1.54, 1.807) is 35.0 Å². The summed E-state index contributed by atoms with van der Waals surface area (Å²) in [5, 5.41) is 22.2. The molecular formula is C15H13ClN4O2S. The van der Waals surface area contributed by atoms with Crippen LogP contribution in [0.15, 0.2) is 53.7 Å². The fraction of sp³-hybridized carbons (Fsp3) is 0.133. The summed E-state index contributed by atoms with van der Waals surface area (Å²) in [5.74, 6) is 1.53. The predicted octanol–water partition coefficient (Wildman–Crippen LogP) is 3.19. The molecule has 2 aromatic carbocycles. The molecule has 3 aromatic rings. The Morgan fingerprint density at radius 2 is 1.91 bits per heavy atom. The van der Waals surface area contributed by atoms with Gasteiger partial charge in [0.2, 0.25) is 5.16 Å². The minimum absolute atomic E-state index is 0.198. The lowest BCUT2D eigenvalue weighted by atomic mass is 10.3. The second kappa shape index (κ2) is 7.34. The lowest BCUT2D eigenvalue weighted by Gasteiger charge is -2.07. The predicted molar refractivity (Wildman–Crippen MR) is 88.5 cm³/mol. The Kier molecular flexibility index (Phi) is 4.99. The van der Waals surface area contributed by atoms with Crippen LogP contribution in [0.25, 0.3) is 5.69 Å². The molecule has 0 atom stereocenters. The van der Waals surface area contributed by atoms with E-state index in [0.717, 1.165) is 5.69 Å². The Labute approximate surface area is 142 Å². The lowest BCUT2D eigenvalue weighted by molar-refractivity contribution is 0.344. The lowest BCUT2D eigenvalue weighted by Crippen LogP contribution is -2.03. The largest absolute Gasteiger partial charge is 0.508 e. The molecule has 0 amide bonds. The van der Waals surface area contributed by atoms with E-state index in [9.17, 15) is 5.11 Å². The summed E-state index contributed by atoms with van der Waals surface area (Å²) in [6.45, 7) is 0.483. The number of tetrazole rings is 1. The van der Waals surface area contributed by atoms with E-state index in [2.05, 4.69) is 15.5 Å². The standard InChI is InChI=1S/C15H13ClN4O2S/c16-13-3-1-2-4-14(13)22-9-10-23-15-17-18-19-20(15)11-5-7-12(21)8-6-11/h1-8,21H,9-10H2. The van der Waals surface area contributed by atoms with Crippen molar-refractivity contribution in [1.29, 1.82) is 0 Å². The number of nitrogens with zero attached hydrogens (tertiary/aromatic N) is 4. The average molecular weight is 349 g/mol. The minimum Gasteiger partial charge on any atom is -0.508 e. The first-order chi connectivity index (χ1) is 11.2. The Bertz CT molecular complexity index is 779. The summed E-state index contributed by atoms with van der Waals surface area (Å²) in [5.41, 5.74) is 0.780. The van der Waals surface area contributed by atoms with Gasteiger partial charge in [-0.15, -0.1) is 5.10 Å². The first-order valence-electron chi connectivity index (χ1n) is 6.82. The van der Waals surface area contributed by atoms with Gasteiger partial charge in [-0.25, -0.2) is 0 Å². The summed E-state index contributed by atoms with van der Waals surface area (Å²) in [7, 11) is 0. The molecule has 6 nitrogen and oxygen atoms in total. The number of hydrogen-bond acceptors (Lipinski definition) is 6. The summed E-state index contributed by atoms with van der Waals surface area (Å²) in [4.78, 5) is 0. The van der Waals surface area contributed by atoms with Crippen molar-refractivity contribution in [3.05, 3.63) is 53.6 Å². The summed E-state index contributed by atoms with van der Waals surface area (Å²) < 4.78 is 7.24. The van der Waals surface area contributed by atoms with Gasteiger partial charge in [-0.2, -0.15) is 4.68 Å². The van der Waals surface area contributed by atoms with Crippen LogP contribution in [-0.2, 0) is 0 Å². The number of aromatic hydroxyl groups is 1. The van der Waals surface area contributed by atoms with Crippen LogP contribution in [0.5, 0.6) is 11.5 Å². The van der Waals surface area contributed by atoms with E-state index >= 15 is 0 Å². The highest BCUT2D eigenvalue weighted by atomic mass is 35.5. The smallest absolute Gasteiger partial charge is 0.214 e. The second-order valence-electron chi connectivity index (χ2n) is 4.52. The van der Waals surface area contributed by atoms with Crippen molar-refractivity contribution in [3.8, 4) is 17.2 Å². The molecule has 1 aromatic heterocycles. The van der Waals surface area contributed by atoms with E-state index in [1.165, 1.54) is 11.8 Å². The Morgan fingerprint density at radius 1 is 1.13 bits per heavy atom. The van der Waals surface area contributed by atoms with Gasteiger partial charge in [0, 0.05) is 5.75 Å². The van der Waals surface area contributed by atoms with Gasteiger partial charge in [-0.05, 0) is 46.8 Å². The van der Waals surface area contributed by atoms with Gasteiger partial charge in [0.25, 0.3) is 0 Å². The zero-order valence-corrected chi connectivity index (χ0v) is 13.5. The molecular weight excluding hydrogens is 336 g/mol. The van der Waals surface area contributed by atoms with E-state index in [0.29, 0.717) is 28.3 Å². The van der Waals surface area contributed by atoms with Crippen LogP contribution < -0.4 is 4.74 Å². The highest BCUT2D eigenvalue weighted by Crippen LogP contribution is 2.24. The molecule has 118 valence electrons. The van der Waals surface area contributed by atoms with Crippen LogP contribution in [0.1, 0.15) is 0 Å². The van der Waals surface area contributed by atoms with Crippen LogP contribution in [0.4, 0.5) is 0 Å². The van der Waals surface area contributed by atoms with E-state index < -0.39 is 0 Å². The van der Waals surface area contributed by atoms with Crippen LogP contribution in [-0.4, -0.2) is 37.7 Å². The molecule has 8 heteroatoms. The molecule has 3 rings (SSSR count). The third kappa shape index (κ3) is 3.94. The zero-order chi connectivity index (χ0) is 16.1.